The number of benzene rings is 1. The molecule has 0 aliphatic rings. The zero-order valence-electron chi connectivity index (χ0n) is 12.1. The van der Waals surface area contributed by atoms with Gasteiger partial charge in [0.2, 0.25) is 5.91 Å². The van der Waals surface area contributed by atoms with Gasteiger partial charge in [-0.1, -0.05) is 25.4 Å². The average molecular weight is 299 g/mol. The monoisotopic (exact) mass is 298 g/mol. The summed E-state index contributed by atoms with van der Waals surface area (Å²) in [6.45, 7) is 4.89. The van der Waals surface area contributed by atoms with Crippen molar-refractivity contribution in [1.82, 2.24) is 5.32 Å². The van der Waals surface area contributed by atoms with Crippen LogP contribution in [0.1, 0.15) is 33.1 Å². The first-order valence-corrected chi connectivity index (χ1v) is 7.31. The van der Waals surface area contributed by atoms with E-state index in [1.165, 1.54) is 0 Å². The van der Waals surface area contributed by atoms with E-state index in [4.69, 9.17) is 22.1 Å². The number of nitrogens with two attached hydrogens (primary N) is 1. The first-order valence-electron chi connectivity index (χ1n) is 6.93. The summed E-state index contributed by atoms with van der Waals surface area (Å²) in [6.07, 6.45) is 1.99. The maximum Gasteiger partial charge on any atom is 0.223 e. The van der Waals surface area contributed by atoms with E-state index in [1.807, 2.05) is 13.8 Å². The van der Waals surface area contributed by atoms with Gasteiger partial charge in [-0.05, 0) is 37.1 Å². The molecule has 0 unspecified atom stereocenters. The minimum absolute atomic E-state index is 0.0457. The van der Waals surface area contributed by atoms with Crippen LogP contribution in [-0.2, 0) is 4.79 Å². The molecule has 0 aliphatic carbocycles. The molecule has 0 aromatic heterocycles. The molecule has 0 saturated heterocycles. The fourth-order valence-corrected chi connectivity index (χ4v) is 1.78. The van der Waals surface area contributed by atoms with Crippen LogP contribution in [0.5, 0.6) is 5.75 Å². The molecule has 3 N–H and O–H groups in total. The number of carbonyl (C=O) groups is 1. The summed E-state index contributed by atoms with van der Waals surface area (Å²) in [7, 11) is 0. The number of halogens is 1. The van der Waals surface area contributed by atoms with Crippen LogP contribution in [0.2, 0.25) is 5.02 Å². The first-order chi connectivity index (χ1) is 9.49. The van der Waals surface area contributed by atoms with E-state index < -0.39 is 0 Å². The van der Waals surface area contributed by atoms with Crippen molar-refractivity contribution in [1.29, 1.82) is 0 Å². The van der Waals surface area contributed by atoms with Crippen molar-refractivity contribution >= 4 is 17.5 Å². The lowest BCUT2D eigenvalue weighted by Crippen LogP contribution is -2.49. The molecule has 0 fully saturated rings. The van der Waals surface area contributed by atoms with E-state index in [2.05, 4.69) is 5.32 Å². The molecule has 112 valence electrons. The van der Waals surface area contributed by atoms with Crippen molar-refractivity contribution in [3.05, 3.63) is 29.3 Å². The van der Waals surface area contributed by atoms with E-state index in [0.29, 0.717) is 30.3 Å². The van der Waals surface area contributed by atoms with Crippen LogP contribution < -0.4 is 15.8 Å². The minimum atomic E-state index is -0.313. The summed E-state index contributed by atoms with van der Waals surface area (Å²) in [5, 5.41) is 3.52. The number of hydrogen-bond acceptors (Lipinski definition) is 3. The second-order valence-electron chi connectivity index (χ2n) is 4.90. The minimum Gasteiger partial charge on any atom is -0.493 e. The third-order valence-electron chi connectivity index (χ3n) is 3.46. The number of carbonyl (C=O) groups excluding carboxylic acids is 1. The van der Waals surface area contributed by atoms with Gasteiger partial charge in [0.25, 0.3) is 0 Å². The molecular formula is C15H23ClN2O2. The highest BCUT2D eigenvalue weighted by Crippen LogP contribution is 2.15. The summed E-state index contributed by atoms with van der Waals surface area (Å²) in [5.74, 6) is 0.660. The third-order valence-corrected chi connectivity index (χ3v) is 3.71. The zero-order valence-corrected chi connectivity index (χ0v) is 12.9. The predicted molar refractivity (Wildman–Crippen MR) is 82.1 cm³/mol. The summed E-state index contributed by atoms with van der Waals surface area (Å²) in [5.41, 5.74) is 5.81. The molecule has 0 bridgehead atoms. The van der Waals surface area contributed by atoms with Gasteiger partial charge < -0.3 is 15.8 Å². The Morgan fingerprint density at radius 1 is 1.30 bits per heavy atom. The molecule has 0 saturated carbocycles. The SMILES string of the molecule is CCC(N)(CC)CNC(=O)CCOc1ccc(Cl)cc1. The molecule has 0 atom stereocenters. The molecule has 0 spiro atoms. The van der Waals surface area contributed by atoms with Crippen LogP contribution >= 0.6 is 11.6 Å². The van der Waals surface area contributed by atoms with Crippen LogP contribution in [0.3, 0.4) is 0 Å². The normalized spacial score (nSPS) is 11.2. The van der Waals surface area contributed by atoms with Crippen LogP contribution in [0.15, 0.2) is 24.3 Å². The van der Waals surface area contributed by atoms with E-state index >= 15 is 0 Å². The van der Waals surface area contributed by atoms with Gasteiger partial charge in [-0.25, -0.2) is 0 Å². The van der Waals surface area contributed by atoms with Gasteiger partial charge in [-0.3, -0.25) is 4.79 Å². The Morgan fingerprint density at radius 3 is 2.45 bits per heavy atom. The molecule has 5 heteroatoms. The molecular weight excluding hydrogens is 276 g/mol. The van der Waals surface area contributed by atoms with Crippen LogP contribution in [0.25, 0.3) is 0 Å². The van der Waals surface area contributed by atoms with Crippen LogP contribution in [0.4, 0.5) is 0 Å². The molecule has 0 heterocycles. The van der Waals surface area contributed by atoms with Gasteiger partial charge in [0.15, 0.2) is 0 Å². The van der Waals surface area contributed by atoms with Gasteiger partial charge in [-0.15, -0.1) is 0 Å². The highest BCUT2D eigenvalue weighted by Gasteiger charge is 2.20. The lowest BCUT2D eigenvalue weighted by Gasteiger charge is -2.26. The Bertz CT molecular complexity index is 416. The van der Waals surface area contributed by atoms with Crippen molar-refractivity contribution in [2.24, 2.45) is 5.73 Å². The number of rotatable bonds is 8. The highest BCUT2D eigenvalue weighted by molar-refractivity contribution is 6.30. The topological polar surface area (TPSA) is 64.3 Å². The molecule has 0 aliphatic heterocycles. The lowest BCUT2D eigenvalue weighted by atomic mass is 9.94. The Morgan fingerprint density at radius 2 is 1.90 bits per heavy atom. The quantitative estimate of drug-likeness (QED) is 0.775. The number of ether oxygens (including phenoxy) is 1. The highest BCUT2D eigenvalue weighted by atomic mass is 35.5. The van der Waals surface area contributed by atoms with E-state index in [0.717, 1.165) is 12.8 Å². The fraction of sp³-hybridized carbons (Fsp3) is 0.533. The molecule has 1 aromatic rings. The van der Waals surface area contributed by atoms with Gasteiger partial charge in [-0.2, -0.15) is 0 Å². The van der Waals surface area contributed by atoms with Crippen molar-refractivity contribution in [3.8, 4) is 5.75 Å². The van der Waals surface area contributed by atoms with Gasteiger partial charge in [0.1, 0.15) is 5.75 Å². The molecule has 4 nitrogen and oxygen atoms in total. The Kier molecular flexibility index (Phi) is 6.82. The molecule has 1 aromatic carbocycles. The van der Waals surface area contributed by atoms with E-state index in [9.17, 15) is 4.79 Å². The standard InChI is InChI=1S/C15H23ClN2O2/c1-3-15(17,4-2)11-18-14(19)9-10-20-13-7-5-12(16)6-8-13/h5-8H,3-4,9-11,17H2,1-2H3,(H,18,19). The summed E-state index contributed by atoms with van der Waals surface area (Å²) in [4.78, 5) is 11.7. The van der Waals surface area contributed by atoms with Crippen LogP contribution in [-0.4, -0.2) is 24.6 Å². The Balaban J connectivity index is 2.25. The molecule has 1 amide bonds. The van der Waals surface area contributed by atoms with Crippen molar-refractivity contribution in [3.63, 3.8) is 0 Å². The second-order valence-corrected chi connectivity index (χ2v) is 5.34. The lowest BCUT2D eigenvalue weighted by molar-refractivity contribution is -0.121. The van der Waals surface area contributed by atoms with Crippen molar-refractivity contribution < 1.29 is 9.53 Å². The Labute approximate surface area is 125 Å². The Hall–Kier alpha value is -1.26. The molecule has 1 rings (SSSR count). The molecule has 20 heavy (non-hydrogen) atoms. The van der Waals surface area contributed by atoms with Crippen LogP contribution in [0, 0.1) is 0 Å². The number of amides is 1. The zero-order chi connectivity index (χ0) is 15.0. The predicted octanol–water partition coefficient (Wildman–Crippen LogP) is 2.74. The largest absolute Gasteiger partial charge is 0.493 e. The van der Waals surface area contributed by atoms with E-state index in [1.54, 1.807) is 24.3 Å². The fourth-order valence-electron chi connectivity index (χ4n) is 1.66. The molecule has 0 radical (unpaired) electrons. The van der Waals surface area contributed by atoms with Gasteiger partial charge in [0, 0.05) is 17.1 Å². The maximum absolute atomic E-state index is 11.7. The summed E-state index contributed by atoms with van der Waals surface area (Å²) >= 11 is 5.78. The smallest absolute Gasteiger partial charge is 0.223 e. The third kappa shape index (κ3) is 5.80. The average Bonchev–Trinajstić information content (AvgIpc) is 2.47. The summed E-state index contributed by atoms with van der Waals surface area (Å²) in [6, 6.07) is 7.06. The van der Waals surface area contributed by atoms with Crippen molar-refractivity contribution in [2.45, 2.75) is 38.6 Å². The second kappa shape index (κ2) is 8.12. The number of nitrogens with one attached hydrogen (secondary N) is 1. The first kappa shape index (κ1) is 16.8. The van der Waals surface area contributed by atoms with E-state index in [-0.39, 0.29) is 11.4 Å². The van der Waals surface area contributed by atoms with Crippen molar-refractivity contribution in [2.75, 3.05) is 13.2 Å². The van der Waals surface area contributed by atoms with Gasteiger partial charge in [0.05, 0.1) is 13.0 Å². The summed E-state index contributed by atoms with van der Waals surface area (Å²) < 4.78 is 5.47. The maximum atomic E-state index is 11.7. The number of hydrogen-bond donors (Lipinski definition) is 2. The van der Waals surface area contributed by atoms with Gasteiger partial charge >= 0.3 is 0 Å².